The van der Waals surface area contributed by atoms with Gasteiger partial charge in [-0.05, 0) is 60.0 Å². The summed E-state index contributed by atoms with van der Waals surface area (Å²) in [6, 6.07) is 22.5. The second-order valence-electron chi connectivity index (χ2n) is 8.38. The molecule has 0 atom stereocenters. The maximum absolute atomic E-state index is 14.4. The van der Waals surface area contributed by atoms with Gasteiger partial charge < -0.3 is 19.3 Å². The summed E-state index contributed by atoms with van der Waals surface area (Å²) in [6.07, 6.45) is 4.12. The molecule has 2 heterocycles. The molecule has 5 rings (SSSR count). The van der Waals surface area contributed by atoms with Crippen LogP contribution in [0.3, 0.4) is 0 Å². The molecule has 3 aromatic carbocycles. The first-order chi connectivity index (χ1) is 17.5. The fraction of sp³-hybridized carbons (Fsp3) is 0.143. The van der Waals surface area contributed by atoms with E-state index in [1.54, 1.807) is 36.2 Å². The molecule has 182 valence electrons. The molecule has 6 nitrogen and oxygen atoms in total. The summed E-state index contributed by atoms with van der Waals surface area (Å²) in [5, 5.41) is 9.94. The van der Waals surface area contributed by atoms with E-state index in [2.05, 4.69) is 4.90 Å². The lowest BCUT2D eigenvalue weighted by molar-refractivity contribution is 0.0697. The van der Waals surface area contributed by atoms with Crippen LogP contribution in [0.4, 0.5) is 9.52 Å². The number of carboxylic acid groups (broad SMARTS) is 1. The van der Waals surface area contributed by atoms with Gasteiger partial charge in [0.05, 0.1) is 22.9 Å². The summed E-state index contributed by atoms with van der Waals surface area (Å²) in [7, 11) is 1.65. The van der Waals surface area contributed by atoms with Gasteiger partial charge in [-0.3, -0.25) is 0 Å². The van der Waals surface area contributed by atoms with Crippen LogP contribution in [0.1, 0.15) is 21.5 Å². The Labute approximate surface area is 211 Å². The Hall–Kier alpha value is -4.17. The summed E-state index contributed by atoms with van der Waals surface area (Å²) in [5.41, 5.74) is 4.01. The van der Waals surface area contributed by atoms with E-state index < -0.39 is 5.97 Å². The van der Waals surface area contributed by atoms with Gasteiger partial charge in [-0.15, -0.1) is 0 Å². The van der Waals surface area contributed by atoms with Crippen molar-refractivity contribution < 1.29 is 19.0 Å². The number of benzene rings is 3. The first-order valence-electron chi connectivity index (χ1n) is 11.4. The first kappa shape index (κ1) is 23.6. The third-order valence-electron chi connectivity index (χ3n) is 6.00. The summed E-state index contributed by atoms with van der Waals surface area (Å²) in [6.45, 7) is 1.30. The van der Waals surface area contributed by atoms with Crippen LogP contribution in [0, 0.1) is 5.82 Å². The normalized spacial score (nSPS) is 11.1. The standard InChI is InChI=1S/C28H24FN3O3S/c1-35-23-11-7-19(8-12-23)13-15-32(28-30-25-4-2-3-24(29)26(25)36-28)17-20-5-9-22(10-6-20)31-16-14-21(18-31)27(33)34/h2-12,14,16,18H,13,15,17H2,1H3,(H,33,34). The van der Waals surface area contributed by atoms with E-state index in [4.69, 9.17) is 9.72 Å². The number of halogens is 1. The number of nitrogens with zero attached hydrogens (tertiary/aromatic N) is 3. The van der Waals surface area contributed by atoms with Gasteiger partial charge in [-0.1, -0.05) is 41.7 Å². The molecule has 0 saturated heterocycles. The van der Waals surface area contributed by atoms with Crippen molar-refractivity contribution in [3.63, 3.8) is 0 Å². The molecule has 0 unspecified atom stereocenters. The Morgan fingerprint density at radius 2 is 1.81 bits per heavy atom. The minimum absolute atomic E-state index is 0.242. The van der Waals surface area contributed by atoms with Gasteiger partial charge in [0, 0.05) is 31.2 Å². The molecule has 2 aromatic heterocycles. The molecule has 8 heteroatoms. The highest BCUT2D eigenvalue weighted by Gasteiger charge is 2.15. The van der Waals surface area contributed by atoms with E-state index in [-0.39, 0.29) is 11.4 Å². The van der Waals surface area contributed by atoms with Crippen LogP contribution in [0.5, 0.6) is 5.75 Å². The zero-order valence-electron chi connectivity index (χ0n) is 19.6. The quantitative estimate of drug-likeness (QED) is 0.261. The van der Waals surface area contributed by atoms with Crippen LogP contribution >= 0.6 is 11.3 Å². The molecule has 0 spiro atoms. The number of hydrogen-bond acceptors (Lipinski definition) is 5. The number of methoxy groups -OCH3 is 1. The van der Waals surface area contributed by atoms with E-state index >= 15 is 0 Å². The number of ether oxygens (including phenoxy) is 1. The number of fused-ring (bicyclic) bond motifs is 1. The van der Waals surface area contributed by atoms with Crippen molar-refractivity contribution >= 4 is 32.7 Å². The van der Waals surface area contributed by atoms with E-state index in [1.165, 1.54) is 23.0 Å². The minimum Gasteiger partial charge on any atom is -0.497 e. The van der Waals surface area contributed by atoms with E-state index in [0.717, 1.165) is 28.6 Å². The maximum atomic E-state index is 14.4. The molecular weight excluding hydrogens is 477 g/mol. The highest BCUT2D eigenvalue weighted by Crippen LogP contribution is 2.32. The molecule has 36 heavy (non-hydrogen) atoms. The number of rotatable bonds is 9. The monoisotopic (exact) mass is 501 g/mol. The van der Waals surface area contributed by atoms with Crippen molar-refractivity contribution in [3.05, 3.63) is 108 Å². The third kappa shape index (κ3) is 5.08. The van der Waals surface area contributed by atoms with Crippen molar-refractivity contribution in [2.75, 3.05) is 18.6 Å². The second-order valence-corrected chi connectivity index (χ2v) is 9.36. The van der Waals surface area contributed by atoms with Crippen molar-refractivity contribution in [2.24, 2.45) is 0 Å². The second kappa shape index (κ2) is 10.2. The Balaban J connectivity index is 1.39. The fourth-order valence-corrected chi connectivity index (χ4v) is 5.01. The lowest BCUT2D eigenvalue weighted by Crippen LogP contribution is -2.25. The van der Waals surface area contributed by atoms with Gasteiger partial charge in [0.2, 0.25) is 0 Å². The number of carbonyl (C=O) groups is 1. The van der Waals surface area contributed by atoms with Crippen molar-refractivity contribution in [3.8, 4) is 11.4 Å². The van der Waals surface area contributed by atoms with Crippen LogP contribution < -0.4 is 9.64 Å². The number of aromatic nitrogens is 2. The predicted molar refractivity (Wildman–Crippen MR) is 140 cm³/mol. The Morgan fingerprint density at radius 1 is 1.06 bits per heavy atom. The molecule has 0 aliphatic rings. The number of thiazole rings is 1. The SMILES string of the molecule is COc1ccc(CCN(Cc2ccc(-n3ccc(C(=O)O)c3)cc2)c2nc3cccc(F)c3s2)cc1. The summed E-state index contributed by atoms with van der Waals surface area (Å²) in [5.74, 6) is -0.399. The van der Waals surface area contributed by atoms with Gasteiger partial charge >= 0.3 is 5.97 Å². The van der Waals surface area contributed by atoms with Gasteiger partial charge in [0.15, 0.2) is 5.13 Å². The summed E-state index contributed by atoms with van der Waals surface area (Å²) in [4.78, 5) is 18.1. The lowest BCUT2D eigenvalue weighted by Gasteiger charge is -2.22. The number of hydrogen-bond donors (Lipinski definition) is 1. The van der Waals surface area contributed by atoms with Crippen molar-refractivity contribution in [1.82, 2.24) is 9.55 Å². The van der Waals surface area contributed by atoms with Crippen LogP contribution in [-0.2, 0) is 13.0 Å². The molecular formula is C28H24FN3O3S. The number of aromatic carboxylic acids is 1. The largest absolute Gasteiger partial charge is 0.497 e. The third-order valence-corrected chi connectivity index (χ3v) is 7.14. The number of carboxylic acids is 1. The van der Waals surface area contributed by atoms with Gasteiger partial charge in [0.1, 0.15) is 11.6 Å². The van der Waals surface area contributed by atoms with Crippen molar-refractivity contribution in [2.45, 2.75) is 13.0 Å². The fourth-order valence-electron chi connectivity index (χ4n) is 4.02. The minimum atomic E-state index is -0.954. The average molecular weight is 502 g/mol. The van der Waals surface area contributed by atoms with E-state index in [0.29, 0.717) is 23.3 Å². The summed E-state index contributed by atoms with van der Waals surface area (Å²) < 4.78 is 22.0. The summed E-state index contributed by atoms with van der Waals surface area (Å²) >= 11 is 1.36. The highest BCUT2D eigenvalue weighted by atomic mass is 32.1. The molecule has 0 bridgehead atoms. The van der Waals surface area contributed by atoms with E-state index in [1.807, 2.05) is 54.6 Å². The zero-order valence-corrected chi connectivity index (χ0v) is 20.4. The molecule has 5 aromatic rings. The van der Waals surface area contributed by atoms with Crippen molar-refractivity contribution in [1.29, 1.82) is 0 Å². The predicted octanol–water partition coefficient (Wildman–Crippen LogP) is 6.18. The highest BCUT2D eigenvalue weighted by molar-refractivity contribution is 7.22. The maximum Gasteiger partial charge on any atom is 0.337 e. The molecule has 0 fully saturated rings. The van der Waals surface area contributed by atoms with Gasteiger partial charge in [-0.2, -0.15) is 0 Å². The number of anilines is 1. The van der Waals surface area contributed by atoms with Gasteiger partial charge in [-0.25, -0.2) is 14.2 Å². The average Bonchev–Trinajstić information content (AvgIpc) is 3.56. The molecule has 1 N–H and O–H groups in total. The first-order valence-corrected chi connectivity index (χ1v) is 12.3. The van der Waals surface area contributed by atoms with Crippen LogP contribution in [0.2, 0.25) is 0 Å². The Morgan fingerprint density at radius 3 is 2.47 bits per heavy atom. The van der Waals surface area contributed by atoms with Crippen LogP contribution in [0.25, 0.3) is 15.9 Å². The molecule has 0 saturated carbocycles. The molecule has 0 radical (unpaired) electrons. The molecule has 0 aliphatic heterocycles. The lowest BCUT2D eigenvalue weighted by atomic mass is 10.1. The van der Waals surface area contributed by atoms with Crippen LogP contribution in [-0.4, -0.2) is 34.3 Å². The Bertz CT molecular complexity index is 1490. The van der Waals surface area contributed by atoms with Crippen LogP contribution in [0.15, 0.2) is 85.2 Å². The topological polar surface area (TPSA) is 67.6 Å². The van der Waals surface area contributed by atoms with Gasteiger partial charge in [0.25, 0.3) is 0 Å². The Kier molecular flexibility index (Phi) is 6.69. The molecule has 0 amide bonds. The molecule has 0 aliphatic carbocycles. The zero-order chi connectivity index (χ0) is 25.1. The van der Waals surface area contributed by atoms with E-state index in [9.17, 15) is 14.3 Å². The smallest absolute Gasteiger partial charge is 0.337 e.